The van der Waals surface area contributed by atoms with E-state index in [1.165, 1.54) is 13.2 Å². The number of likely N-dealkylation sites (tertiary alicyclic amines) is 2. The van der Waals surface area contributed by atoms with Crippen molar-refractivity contribution in [1.82, 2.24) is 9.80 Å². The molecular weight excluding hydrogens is 351 g/mol. The number of rotatable bonds is 6. The summed E-state index contributed by atoms with van der Waals surface area (Å²) in [5.41, 5.74) is -0.0816. The second-order valence-corrected chi connectivity index (χ2v) is 7.38. The molecule has 0 N–H and O–H groups in total. The number of benzene rings is 1. The first-order valence-corrected chi connectivity index (χ1v) is 9.37. The molecule has 0 aromatic heterocycles. The van der Waals surface area contributed by atoms with Gasteiger partial charge in [-0.1, -0.05) is 0 Å². The number of carbonyl (C=O) groups excluding carboxylic acids is 2. The largest absolute Gasteiger partial charge is 0.497 e. The molecule has 2 amide bonds. The molecule has 1 spiro atoms. The van der Waals surface area contributed by atoms with Crippen LogP contribution in [0, 0.1) is 11.2 Å². The molecule has 0 bridgehead atoms. The van der Waals surface area contributed by atoms with Crippen molar-refractivity contribution in [1.29, 1.82) is 0 Å². The summed E-state index contributed by atoms with van der Waals surface area (Å²) in [6, 6.07) is 4.57. The molecule has 2 saturated heterocycles. The Kier molecular flexibility index (Phi) is 5.99. The topological polar surface area (TPSA) is 59.1 Å². The minimum absolute atomic E-state index is 0.0255. The Bertz CT molecular complexity index is 711. The molecule has 27 heavy (non-hydrogen) atoms. The van der Waals surface area contributed by atoms with Gasteiger partial charge in [-0.15, -0.1) is 0 Å². The van der Waals surface area contributed by atoms with Crippen LogP contribution >= 0.6 is 0 Å². The van der Waals surface area contributed by atoms with Crippen LogP contribution in [0.4, 0.5) is 4.39 Å². The smallest absolute Gasteiger partial charge is 0.230 e. The Morgan fingerprint density at radius 3 is 2.81 bits per heavy atom. The molecule has 0 aliphatic carbocycles. The van der Waals surface area contributed by atoms with E-state index in [9.17, 15) is 14.0 Å². The highest BCUT2D eigenvalue weighted by atomic mass is 19.1. The lowest BCUT2D eigenvalue weighted by atomic mass is 9.78. The summed E-state index contributed by atoms with van der Waals surface area (Å²) in [5.74, 6) is 0.280. The van der Waals surface area contributed by atoms with E-state index < -0.39 is 5.41 Å². The third kappa shape index (κ3) is 4.08. The molecule has 1 aromatic rings. The molecule has 2 aliphatic rings. The van der Waals surface area contributed by atoms with Gasteiger partial charge in [0.05, 0.1) is 25.6 Å². The third-order valence-electron chi connectivity index (χ3n) is 5.66. The molecule has 1 atom stereocenters. The summed E-state index contributed by atoms with van der Waals surface area (Å²) in [7, 11) is 3.10. The first kappa shape index (κ1) is 19.6. The van der Waals surface area contributed by atoms with Crippen molar-refractivity contribution in [3.05, 3.63) is 29.6 Å². The highest BCUT2D eigenvalue weighted by molar-refractivity contribution is 5.86. The van der Waals surface area contributed by atoms with Crippen LogP contribution in [0.2, 0.25) is 0 Å². The van der Waals surface area contributed by atoms with Crippen molar-refractivity contribution in [2.75, 3.05) is 40.5 Å². The Balaban J connectivity index is 1.70. The van der Waals surface area contributed by atoms with E-state index in [1.807, 2.05) is 0 Å². The van der Waals surface area contributed by atoms with Gasteiger partial charge in [0.25, 0.3) is 0 Å². The summed E-state index contributed by atoms with van der Waals surface area (Å²) in [6.07, 6.45) is 2.63. The Morgan fingerprint density at radius 2 is 2.07 bits per heavy atom. The van der Waals surface area contributed by atoms with E-state index in [1.54, 1.807) is 29.0 Å². The second-order valence-electron chi connectivity index (χ2n) is 7.38. The van der Waals surface area contributed by atoms with Gasteiger partial charge in [-0.3, -0.25) is 9.59 Å². The maximum Gasteiger partial charge on any atom is 0.230 e. The zero-order valence-corrected chi connectivity index (χ0v) is 16.0. The van der Waals surface area contributed by atoms with Crippen molar-refractivity contribution in [2.45, 2.75) is 32.2 Å². The fourth-order valence-electron chi connectivity index (χ4n) is 4.12. The van der Waals surface area contributed by atoms with E-state index in [0.717, 1.165) is 12.8 Å². The number of carbonyl (C=O) groups is 2. The summed E-state index contributed by atoms with van der Waals surface area (Å²) in [4.78, 5) is 29.0. The van der Waals surface area contributed by atoms with Crippen LogP contribution in [0.15, 0.2) is 18.2 Å². The molecular formula is C20H27FN2O4. The molecule has 0 unspecified atom stereocenters. The molecule has 1 aromatic carbocycles. The number of nitrogens with zero attached hydrogens (tertiary/aromatic N) is 2. The lowest BCUT2D eigenvalue weighted by Gasteiger charge is -2.39. The molecule has 2 fully saturated rings. The zero-order valence-electron chi connectivity index (χ0n) is 16.0. The standard InChI is InChI=1S/C20H27FN2O4/c1-26-11-6-18(24)23-10-8-20(14-23)7-3-9-22(19(20)25)13-15-12-16(27-2)4-5-17(15)21/h4-5,12H,3,6-11,13-14H2,1-2H3/t20-/m1/s1. The first-order chi connectivity index (χ1) is 13.0. The Morgan fingerprint density at radius 1 is 1.26 bits per heavy atom. The van der Waals surface area contributed by atoms with Gasteiger partial charge in [0.1, 0.15) is 11.6 Å². The zero-order chi connectivity index (χ0) is 19.4. The maximum absolute atomic E-state index is 14.2. The van der Waals surface area contributed by atoms with Gasteiger partial charge in [0.15, 0.2) is 0 Å². The molecule has 2 aliphatic heterocycles. The van der Waals surface area contributed by atoms with Crippen molar-refractivity contribution < 1.29 is 23.5 Å². The molecule has 148 valence electrons. The Labute approximate surface area is 159 Å². The predicted molar refractivity (Wildman–Crippen MR) is 97.7 cm³/mol. The van der Waals surface area contributed by atoms with Gasteiger partial charge < -0.3 is 19.3 Å². The number of amides is 2. The van der Waals surface area contributed by atoms with Crippen LogP contribution < -0.4 is 4.74 Å². The number of piperidine rings is 1. The molecule has 3 rings (SSSR count). The fourth-order valence-corrected chi connectivity index (χ4v) is 4.12. The maximum atomic E-state index is 14.2. The van der Waals surface area contributed by atoms with E-state index in [-0.39, 0.29) is 24.2 Å². The highest BCUT2D eigenvalue weighted by Gasteiger charge is 2.49. The first-order valence-electron chi connectivity index (χ1n) is 9.37. The lowest BCUT2D eigenvalue weighted by molar-refractivity contribution is -0.147. The van der Waals surface area contributed by atoms with E-state index in [4.69, 9.17) is 9.47 Å². The van der Waals surface area contributed by atoms with E-state index >= 15 is 0 Å². The van der Waals surface area contributed by atoms with Gasteiger partial charge in [-0.2, -0.15) is 0 Å². The second kappa shape index (κ2) is 8.25. The van der Waals surface area contributed by atoms with Crippen LogP contribution in [0.25, 0.3) is 0 Å². The van der Waals surface area contributed by atoms with Crippen molar-refractivity contribution in [3.8, 4) is 5.75 Å². The molecule has 0 radical (unpaired) electrons. The number of hydrogen-bond acceptors (Lipinski definition) is 4. The van der Waals surface area contributed by atoms with Gasteiger partial charge in [0.2, 0.25) is 11.8 Å². The molecule has 0 saturated carbocycles. The van der Waals surface area contributed by atoms with Crippen LogP contribution in [-0.2, 0) is 20.9 Å². The average Bonchev–Trinajstić information content (AvgIpc) is 3.10. The number of halogens is 1. The lowest BCUT2D eigenvalue weighted by Crippen LogP contribution is -2.50. The van der Waals surface area contributed by atoms with Gasteiger partial charge in [0, 0.05) is 38.9 Å². The Hall–Kier alpha value is -2.15. The van der Waals surface area contributed by atoms with Gasteiger partial charge in [-0.25, -0.2) is 4.39 Å². The SMILES string of the molecule is COCCC(=O)N1CC[C@]2(CCCN(Cc3cc(OC)ccc3F)C2=O)C1. The number of ether oxygens (including phenoxy) is 2. The normalized spacial score (nSPS) is 22.6. The van der Waals surface area contributed by atoms with Gasteiger partial charge >= 0.3 is 0 Å². The summed E-state index contributed by atoms with van der Waals surface area (Å²) < 4.78 is 24.3. The van der Waals surface area contributed by atoms with Crippen molar-refractivity contribution >= 4 is 11.8 Å². The average molecular weight is 378 g/mol. The molecule has 7 heteroatoms. The summed E-state index contributed by atoms with van der Waals surface area (Å²) in [5, 5.41) is 0. The van der Waals surface area contributed by atoms with E-state index in [0.29, 0.717) is 50.4 Å². The van der Waals surface area contributed by atoms with Crippen LogP contribution in [0.1, 0.15) is 31.2 Å². The monoisotopic (exact) mass is 378 g/mol. The van der Waals surface area contributed by atoms with Crippen LogP contribution in [0.3, 0.4) is 0 Å². The van der Waals surface area contributed by atoms with Crippen molar-refractivity contribution in [2.24, 2.45) is 5.41 Å². The molecule has 6 nitrogen and oxygen atoms in total. The summed E-state index contributed by atoms with van der Waals surface area (Å²) >= 11 is 0. The fraction of sp³-hybridized carbons (Fsp3) is 0.600. The summed E-state index contributed by atoms with van der Waals surface area (Å²) in [6.45, 7) is 2.26. The minimum Gasteiger partial charge on any atom is -0.497 e. The highest BCUT2D eigenvalue weighted by Crippen LogP contribution is 2.40. The number of methoxy groups -OCH3 is 2. The minimum atomic E-state index is -0.531. The molecule has 2 heterocycles. The number of hydrogen-bond donors (Lipinski definition) is 0. The van der Waals surface area contributed by atoms with E-state index in [2.05, 4.69) is 0 Å². The predicted octanol–water partition coefficient (Wildman–Crippen LogP) is 2.21. The van der Waals surface area contributed by atoms with Crippen LogP contribution in [-0.4, -0.2) is 62.1 Å². The van der Waals surface area contributed by atoms with Crippen molar-refractivity contribution in [3.63, 3.8) is 0 Å². The quantitative estimate of drug-likeness (QED) is 0.762. The van der Waals surface area contributed by atoms with Crippen LogP contribution in [0.5, 0.6) is 5.75 Å². The third-order valence-corrected chi connectivity index (χ3v) is 5.66. The van der Waals surface area contributed by atoms with Gasteiger partial charge in [-0.05, 0) is 37.5 Å².